The Kier molecular flexibility index (Phi) is 5.58. The van der Waals surface area contributed by atoms with Crippen LogP contribution in [0.3, 0.4) is 0 Å². The summed E-state index contributed by atoms with van der Waals surface area (Å²) in [5, 5.41) is 8.11. The Bertz CT molecular complexity index is 1220. The van der Waals surface area contributed by atoms with Gasteiger partial charge >= 0.3 is 0 Å². The molecule has 3 N–H and O–H groups in total. The minimum Gasteiger partial charge on any atom is -0.294 e. The molecular formula is C18H14ClFN6O2S. The highest BCUT2D eigenvalue weighted by Gasteiger charge is 2.13. The van der Waals surface area contributed by atoms with E-state index in [0.29, 0.717) is 28.5 Å². The summed E-state index contributed by atoms with van der Waals surface area (Å²) in [5.41, 5.74) is 4.02. The fourth-order valence-corrected chi connectivity index (χ4v) is 3.41. The number of aromatic nitrogens is 5. The van der Waals surface area contributed by atoms with Crippen molar-refractivity contribution in [3.63, 3.8) is 0 Å². The summed E-state index contributed by atoms with van der Waals surface area (Å²) in [4.78, 5) is 12.1. The van der Waals surface area contributed by atoms with Gasteiger partial charge in [-0.25, -0.2) is 23.9 Å². The average molecular weight is 433 g/mol. The molecule has 1 unspecified atom stereocenters. The molecule has 8 nitrogen and oxygen atoms in total. The third-order valence-corrected chi connectivity index (χ3v) is 5.08. The standard InChI is InChI=1S/C18H14ClFN6O2S/c19-17-11(2-4-24-29(27)28)5-12(8-22-17)13-6-14-16(25-26-18(14)23-9-13)10-1-3-21-15(20)7-10/h1,3,5-9,24H,2,4H2,(H,27,28)(H,23,25,26). The van der Waals surface area contributed by atoms with Gasteiger partial charge in [-0.2, -0.15) is 9.49 Å². The Morgan fingerprint density at radius 2 is 1.93 bits per heavy atom. The van der Waals surface area contributed by atoms with Crippen LogP contribution in [0.4, 0.5) is 4.39 Å². The number of H-pyrrole nitrogens is 1. The summed E-state index contributed by atoms with van der Waals surface area (Å²) in [6, 6.07) is 6.74. The summed E-state index contributed by atoms with van der Waals surface area (Å²) in [7, 11) is 0. The number of nitrogens with one attached hydrogen (secondary N) is 2. The smallest absolute Gasteiger partial charge is 0.231 e. The molecule has 0 fully saturated rings. The molecule has 0 saturated heterocycles. The summed E-state index contributed by atoms with van der Waals surface area (Å²) in [6.45, 7) is 0.269. The Morgan fingerprint density at radius 3 is 2.72 bits per heavy atom. The summed E-state index contributed by atoms with van der Waals surface area (Å²) in [6.07, 6.45) is 5.10. The largest absolute Gasteiger partial charge is 0.294 e. The maximum absolute atomic E-state index is 13.5. The van der Waals surface area contributed by atoms with Crippen molar-refractivity contribution < 1.29 is 13.2 Å². The molecule has 4 heterocycles. The van der Waals surface area contributed by atoms with Crippen molar-refractivity contribution in [1.82, 2.24) is 29.9 Å². The van der Waals surface area contributed by atoms with E-state index in [1.165, 1.54) is 12.3 Å². The second-order valence-electron chi connectivity index (χ2n) is 6.13. The van der Waals surface area contributed by atoms with Gasteiger partial charge in [0.1, 0.15) is 5.15 Å². The van der Waals surface area contributed by atoms with Crippen molar-refractivity contribution in [3.05, 3.63) is 59.5 Å². The van der Waals surface area contributed by atoms with Crippen LogP contribution in [0.25, 0.3) is 33.4 Å². The molecule has 1 atom stereocenters. The number of pyridine rings is 3. The van der Waals surface area contributed by atoms with Gasteiger partial charge in [0.25, 0.3) is 0 Å². The SMILES string of the molecule is O=S(O)NCCc1cc(-c2cnc3n[nH]c(-c4ccnc(F)c4)c3c2)cnc1Cl. The van der Waals surface area contributed by atoms with Gasteiger partial charge in [-0.3, -0.25) is 9.65 Å². The fourth-order valence-electron chi connectivity index (χ4n) is 2.94. The van der Waals surface area contributed by atoms with Crippen LogP contribution in [0.1, 0.15) is 5.56 Å². The molecule has 0 bridgehead atoms. The van der Waals surface area contributed by atoms with E-state index in [4.69, 9.17) is 16.2 Å². The minimum absolute atomic E-state index is 0.269. The molecule has 4 aromatic rings. The molecular weight excluding hydrogens is 419 g/mol. The van der Waals surface area contributed by atoms with Gasteiger partial charge in [-0.1, -0.05) is 11.6 Å². The van der Waals surface area contributed by atoms with Gasteiger partial charge in [0.2, 0.25) is 17.2 Å². The topological polar surface area (TPSA) is 117 Å². The first-order chi connectivity index (χ1) is 14.0. The van der Waals surface area contributed by atoms with Crippen molar-refractivity contribution in [2.75, 3.05) is 6.54 Å². The van der Waals surface area contributed by atoms with Crippen molar-refractivity contribution in [3.8, 4) is 22.4 Å². The van der Waals surface area contributed by atoms with E-state index in [0.717, 1.165) is 22.1 Å². The second-order valence-corrected chi connectivity index (χ2v) is 7.27. The van der Waals surface area contributed by atoms with Crippen molar-refractivity contribution >= 4 is 33.9 Å². The van der Waals surface area contributed by atoms with Crippen LogP contribution in [0.15, 0.2) is 42.9 Å². The van der Waals surface area contributed by atoms with E-state index < -0.39 is 17.2 Å². The quantitative estimate of drug-likeness (QED) is 0.318. The highest BCUT2D eigenvalue weighted by atomic mass is 35.5. The number of nitrogens with zero attached hydrogens (tertiary/aromatic N) is 4. The highest BCUT2D eigenvalue weighted by molar-refractivity contribution is 7.77. The number of fused-ring (bicyclic) bond motifs is 1. The first kappa shape index (κ1) is 19.5. The highest BCUT2D eigenvalue weighted by Crippen LogP contribution is 2.30. The maximum atomic E-state index is 13.5. The maximum Gasteiger partial charge on any atom is 0.231 e. The van der Waals surface area contributed by atoms with Gasteiger partial charge in [-0.15, -0.1) is 0 Å². The first-order valence-electron chi connectivity index (χ1n) is 8.46. The number of rotatable bonds is 6. The zero-order chi connectivity index (χ0) is 20.4. The molecule has 0 saturated carbocycles. The molecule has 0 aromatic carbocycles. The third-order valence-electron chi connectivity index (χ3n) is 4.29. The molecule has 0 aliphatic heterocycles. The van der Waals surface area contributed by atoms with Gasteiger partial charge < -0.3 is 0 Å². The lowest BCUT2D eigenvalue weighted by atomic mass is 10.0. The third kappa shape index (κ3) is 4.30. The predicted octanol–water partition coefficient (Wildman–Crippen LogP) is 3.14. The summed E-state index contributed by atoms with van der Waals surface area (Å²) < 4.78 is 35.5. The molecule has 0 amide bonds. The van der Waals surface area contributed by atoms with E-state index in [9.17, 15) is 8.60 Å². The molecule has 4 aromatic heterocycles. The van der Waals surface area contributed by atoms with Crippen molar-refractivity contribution in [1.29, 1.82) is 0 Å². The lowest BCUT2D eigenvalue weighted by molar-refractivity contribution is 0.549. The van der Waals surface area contributed by atoms with Crippen LogP contribution in [-0.2, 0) is 17.7 Å². The van der Waals surface area contributed by atoms with Gasteiger partial charge in [0.05, 0.1) is 5.69 Å². The first-order valence-corrected chi connectivity index (χ1v) is 9.95. The summed E-state index contributed by atoms with van der Waals surface area (Å²) in [5.74, 6) is -0.585. The van der Waals surface area contributed by atoms with Crippen LogP contribution >= 0.6 is 11.6 Å². The zero-order valence-corrected chi connectivity index (χ0v) is 16.3. The van der Waals surface area contributed by atoms with Crippen molar-refractivity contribution in [2.24, 2.45) is 0 Å². The van der Waals surface area contributed by atoms with E-state index in [1.807, 2.05) is 12.1 Å². The Hall–Kier alpha value is -2.79. The summed E-state index contributed by atoms with van der Waals surface area (Å²) >= 11 is 4.06. The number of aromatic amines is 1. The number of hydrogen-bond acceptors (Lipinski definition) is 5. The van der Waals surface area contributed by atoms with Crippen LogP contribution in [0, 0.1) is 5.95 Å². The number of hydrogen-bond donors (Lipinski definition) is 3. The molecule has 0 spiro atoms. The Labute approximate surface area is 172 Å². The lowest BCUT2D eigenvalue weighted by Crippen LogP contribution is -2.19. The Balaban J connectivity index is 1.71. The van der Waals surface area contributed by atoms with E-state index in [1.54, 1.807) is 18.5 Å². The van der Waals surface area contributed by atoms with Crippen LogP contribution < -0.4 is 4.72 Å². The van der Waals surface area contributed by atoms with Crippen LogP contribution in [0.5, 0.6) is 0 Å². The van der Waals surface area contributed by atoms with Gasteiger partial charge in [-0.05, 0) is 30.2 Å². The monoisotopic (exact) mass is 432 g/mol. The van der Waals surface area contributed by atoms with Gasteiger partial charge in [0.15, 0.2) is 5.65 Å². The van der Waals surface area contributed by atoms with E-state index in [-0.39, 0.29) is 6.54 Å². The van der Waals surface area contributed by atoms with Gasteiger partial charge in [0, 0.05) is 53.3 Å². The second kappa shape index (κ2) is 8.29. The molecule has 29 heavy (non-hydrogen) atoms. The molecule has 4 rings (SSSR count). The van der Waals surface area contributed by atoms with Crippen LogP contribution in [0.2, 0.25) is 5.15 Å². The lowest BCUT2D eigenvalue weighted by Gasteiger charge is -2.07. The molecule has 148 valence electrons. The molecule has 0 radical (unpaired) electrons. The predicted molar refractivity (Wildman–Crippen MR) is 108 cm³/mol. The molecule has 0 aliphatic rings. The fraction of sp³-hybridized carbons (Fsp3) is 0.111. The molecule has 11 heteroatoms. The van der Waals surface area contributed by atoms with Crippen LogP contribution in [-0.4, -0.2) is 40.5 Å². The normalized spacial score (nSPS) is 12.4. The molecule has 0 aliphatic carbocycles. The minimum atomic E-state index is -2.09. The Morgan fingerprint density at radius 1 is 1.14 bits per heavy atom. The average Bonchev–Trinajstić information content (AvgIpc) is 3.12. The number of halogens is 2. The van der Waals surface area contributed by atoms with Crippen molar-refractivity contribution in [2.45, 2.75) is 6.42 Å². The van der Waals surface area contributed by atoms with E-state index in [2.05, 4.69) is 29.9 Å². The van der Waals surface area contributed by atoms with E-state index >= 15 is 0 Å². The zero-order valence-electron chi connectivity index (χ0n) is 14.8.